The Hall–Kier alpha value is -1.88. The number of guanidine groups is 1. The standard InChI is InChI=1S/C19H29N7O.HI/c1-20-19(23-10-6-5-9-22-18-7-3-4-8-21-18)26-11-12-27-17(15-26)16-13-24-25(2)14-16;/h3-4,7-8,13-14,17H,5-6,9-12,15H2,1-2H3,(H,20,23)(H,21,22);1H. The molecule has 0 aromatic carbocycles. The molecule has 1 saturated heterocycles. The van der Waals surface area contributed by atoms with Gasteiger partial charge in [-0.25, -0.2) is 4.98 Å². The van der Waals surface area contributed by atoms with Gasteiger partial charge in [0, 0.05) is 51.7 Å². The van der Waals surface area contributed by atoms with Crippen molar-refractivity contribution in [1.82, 2.24) is 25.0 Å². The molecule has 1 aliphatic heterocycles. The molecule has 2 aromatic heterocycles. The number of aryl methyl sites for hydroxylation is 1. The van der Waals surface area contributed by atoms with Crippen LogP contribution >= 0.6 is 24.0 Å². The summed E-state index contributed by atoms with van der Waals surface area (Å²) in [4.78, 5) is 11.0. The van der Waals surface area contributed by atoms with E-state index < -0.39 is 0 Å². The molecule has 0 amide bonds. The van der Waals surface area contributed by atoms with E-state index in [1.54, 1.807) is 6.20 Å². The van der Waals surface area contributed by atoms with E-state index in [2.05, 4.69) is 30.6 Å². The molecule has 8 nitrogen and oxygen atoms in total. The lowest BCUT2D eigenvalue weighted by Crippen LogP contribution is -2.48. The van der Waals surface area contributed by atoms with Gasteiger partial charge in [-0.1, -0.05) is 6.07 Å². The lowest BCUT2D eigenvalue weighted by Gasteiger charge is -2.34. The Morgan fingerprint density at radius 1 is 1.32 bits per heavy atom. The molecule has 1 unspecified atom stereocenters. The first-order valence-corrected chi connectivity index (χ1v) is 9.47. The van der Waals surface area contributed by atoms with E-state index >= 15 is 0 Å². The summed E-state index contributed by atoms with van der Waals surface area (Å²) in [5, 5.41) is 11.0. The van der Waals surface area contributed by atoms with Crippen LogP contribution in [0.5, 0.6) is 0 Å². The van der Waals surface area contributed by atoms with Crippen LogP contribution in [0.15, 0.2) is 41.8 Å². The zero-order valence-electron chi connectivity index (χ0n) is 16.5. The van der Waals surface area contributed by atoms with Crippen LogP contribution in [-0.4, -0.2) is 65.5 Å². The van der Waals surface area contributed by atoms with Gasteiger partial charge in [0.05, 0.1) is 19.3 Å². The Morgan fingerprint density at radius 2 is 2.18 bits per heavy atom. The van der Waals surface area contributed by atoms with Gasteiger partial charge in [-0.2, -0.15) is 5.10 Å². The zero-order valence-corrected chi connectivity index (χ0v) is 18.9. The molecule has 1 fully saturated rings. The summed E-state index contributed by atoms with van der Waals surface area (Å²) in [6, 6.07) is 5.89. The van der Waals surface area contributed by atoms with Crippen molar-refractivity contribution in [3.63, 3.8) is 0 Å². The molecule has 9 heteroatoms. The maximum atomic E-state index is 5.91. The average Bonchev–Trinajstić information content (AvgIpc) is 3.15. The fourth-order valence-electron chi connectivity index (χ4n) is 3.12. The first kappa shape index (κ1) is 22.4. The van der Waals surface area contributed by atoms with Crippen molar-refractivity contribution in [3.05, 3.63) is 42.4 Å². The molecule has 1 aliphatic rings. The molecule has 28 heavy (non-hydrogen) atoms. The normalized spacial score (nSPS) is 17.1. The van der Waals surface area contributed by atoms with Crippen LogP contribution in [0.25, 0.3) is 0 Å². The van der Waals surface area contributed by atoms with Crippen molar-refractivity contribution in [1.29, 1.82) is 0 Å². The summed E-state index contributed by atoms with van der Waals surface area (Å²) in [5.41, 5.74) is 1.11. The molecule has 0 spiro atoms. The highest BCUT2D eigenvalue weighted by Crippen LogP contribution is 2.21. The van der Waals surface area contributed by atoms with E-state index in [9.17, 15) is 0 Å². The number of aliphatic imine (C=N–C) groups is 1. The number of halogens is 1. The second-order valence-corrected chi connectivity index (χ2v) is 6.58. The molecule has 0 radical (unpaired) electrons. The molecule has 3 rings (SSSR count). The van der Waals surface area contributed by atoms with Gasteiger partial charge in [-0.15, -0.1) is 24.0 Å². The number of pyridine rings is 1. The summed E-state index contributed by atoms with van der Waals surface area (Å²) >= 11 is 0. The zero-order chi connectivity index (χ0) is 18.9. The number of ether oxygens (including phenoxy) is 1. The first-order valence-electron chi connectivity index (χ1n) is 9.47. The SMILES string of the molecule is CN=C(NCCCCNc1ccccn1)N1CCOC(c2cnn(C)c2)C1.I. The van der Waals surface area contributed by atoms with E-state index in [0.717, 1.165) is 56.4 Å². The minimum absolute atomic E-state index is 0. The van der Waals surface area contributed by atoms with Crippen LogP contribution in [0.2, 0.25) is 0 Å². The third-order valence-electron chi connectivity index (χ3n) is 4.53. The Balaban J connectivity index is 0.00000280. The second kappa shape index (κ2) is 11.8. The van der Waals surface area contributed by atoms with E-state index in [-0.39, 0.29) is 30.1 Å². The number of rotatable bonds is 7. The molecular weight excluding hydrogens is 469 g/mol. The number of hydrogen-bond acceptors (Lipinski definition) is 5. The van der Waals surface area contributed by atoms with Gasteiger partial charge in [0.1, 0.15) is 11.9 Å². The summed E-state index contributed by atoms with van der Waals surface area (Å²) < 4.78 is 7.72. The van der Waals surface area contributed by atoms with Gasteiger partial charge in [-0.05, 0) is 25.0 Å². The molecule has 1 atom stereocenters. The Bertz CT molecular complexity index is 722. The lowest BCUT2D eigenvalue weighted by molar-refractivity contribution is -0.00801. The van der Waals surface area contributed by atoms with Crippen LogP contribution in [0.1, 0.15) is 24.5 Å². The highest BCUT2D eigenvalue weighted by molar-refractivity contribution is 14.0. The van der Waals surface area contributed by atoms with E-state index in [1.165, 1.54) is 0 Å². The molecule has 3 heterocycles. The van der Waals surface area contributed by atoms with Crippen LogP contribution < -0.4 is 10.6 Å². The van der Waals surface area contributed by atoms with Crippen molar-refractivity contribution in [2.75, 3.05) is 45.2 Å². The third-order valence-corrected chi connectivity index (χ3v) is 4.53. The molecule has 2 N–H and O–H groups in total. The van der Waals surface area contributed by atoms with E-state index in [4.69, 9.17) is 4.74 Å². The number of morpholine rings is 1. The summed E-state index contributed by atoms with van der Waals surface area (Å²) in [5.74, 6) is 1.86. The third kappa shape index (κ3) is 6.62. The molecule has 2 aromatic rings. The first-order chi connectivity index (χ1) is 13.3. The quantitative estimate of drug-likeness (QED) is 0.264. The van der Waals surface area contributed by atoms with E-state index in [1.807, 2.05) is 49.4 Å². The Kier molecular flexibility index (Phi) is 9.48. The van der Waals surface area contributed by atoms with E-state index in [0.29, 0.717) is 6.61 Å². The van der Waals surface area contributed by atoms with Gasteiger partial charge < -0.3 is 20.3 Å². The predicted octanol–water partition coefficient (Wildman–Crippen LogP) is 2.27. The number of nitrogens with one attached hydrogen (secondary N) is 2. The minimum atomic E-state index is 0. The molecular formula is C19H30IN7O. The number of aromatic nitrogens is 3. The van der Waals surface area contributed by atoms with Crippen molar-refractivity contribution >= 4 is 35.8 Å². The Morgan fingerprint density at radius 3 is 2.89 bits per heavy atom. The molecule has 0 aliphatic carbocycles. The molecule has 154 valence electrons. The van der Waals surface area contributed by atoms with Crippen molar-refractivity contribution in [2.45, 2.75) is 18.9 Å². The number of hydrogen-bond donors (Lipinski definition) is 2. The van der Waals surface area contributed by atoms with Crippen molar-refractivity contribution in [3.8, 4) is 0 Å². The number of anilines is 1. The smallest absolute Gasteiger partial charge is 0.193 e. The average molecular weight is 499 g/mol. The monoisotopic (exact) mass is 499 g/mol. The van der Waals surface area contributed by atoms with Crippen LogP contribution in [0.3, 0.4) is 0 Å². The van der Waals surface area contributed by atoms with Crippen LogP contribution in [0, 0.1) is 0 Å². The van der Waals surface area contributed by atoms with Gasteiger partial charge in [-0.3, -0.25) is 9.67 Å². The maximum Gasteiger partial charge on any atom is 0.193 e. The second-order valence-electron chi connectivity index (χ2n) is 6.58. The largest absolute Gasteiger partial charge is 0.370 e. The summed E-state index contributed by atoms with van der Waals surface area (Å²) in [6.45, 7) is 4.13. The van der Waals surface area contributed by atoms with Gasteiger partial charge >= 0.3 is 0 Å². The highest BCUT2D eigenvalue weighted by Gasteiger charge is 2.24. The predicted molar refractivity (Wildman–Crippen MR) is 122 cm³/mol. The number of unbranched alkanes of at least 4 members (excludes halogenated alkanes) is 1. The van der Waals surface area contributed by atoms with Crippen LogP contribution in [-0.2, 0) is 11.8 Å². The van der Waals surface area contributed by atoms with Gasteiger partial charge in [0.25, 0.3) is 0 Å². The van der Waals surface area contributed by atoms with Crippen molar-refractivity contribution < 1.29 is 4.74 Å². The fraction of sp³-hybridized carbons (Fsp3) is 0.526. The number of nitrogens with zero attached hydrogens (tertiary/aromatic N) is 5. The minimum Gasteiger partial charge on any atom is -0.370 e. The summed E-state index contributed by atoms with van der Waals surface area (Å²) in [6.07, 6.45) is 7.86. The van der Waals surface area contributed by atoms with Gasteiger partial charge in [0.15, 0.2) is 5.96 Å². The van der Waals surface area contributed by atoms with Crippen LogP contribution in [0.4, 0.5) is 5.82 Å². The maximum absolute atomic E-state index is 5.91. The summed E-state index contributed by atoms with van der Waals surface area (Å²) in [7, 11) is 3.76. The molecule has 0 saturated carbocycles. The Labute approximate surface area is 183 Å². The highest BCUT2D eigenvalue weighted by atomic mass is 127. The van der Waals surface area contributed by atoms with Gasteiger partial charge in [0.2, 0.25) is 0 Å². The van der Waals surface area contributed by atoms with Crippen molar-refractivity contribution in [2.24, 2.45) is 12.0 Å². The fourth-order valence-corrected chi connectivity index (χ4v) is 3.12. The lowest BCUT2D eigenvalue weighted by atomic mass is 10.1. The molecule has 0 bridgehead atoms. The topological polar surface area (TPSA) is 79.6 Å².